The quantitative estimate of drug-likeness (QED) is 0.842. The van der Waals surface area contributed by atoms with Crippen molar-refractivity contribution in [3.63, 3.8) is 0 Å². The Morgan fingerprint density at radius 2 is 2.10 bits per heavy atom. The third-order valence-corrected chi connectivity index (χ3v) is 3.15. The van der Waals surface area contributed by atoms with Crippen LogP contribution in [0.5, 0.6) is 0 Å². The summed E-state index contributed by atoms with van der Waals surface area (Å²) in [5, 5.41) is 17.5. The molecule has 0 radical (unpaired) electrons. The number of anilines is 1. The molecule has 2 N–H and O–H groups in total. The minimum Gasteiger partial charge on any atom is -0.325 e. The van der Waals surface area contributed by atoms with E-state index in [2.05, 4.69) is 26.2 Å². The normalized spacial score (nSPS) is 14.2. The Kier molecular flexibility index (Phi) is 3.42. The number of carbonyl (C=O) groups is 1. The number of tetrazole rings is 1. The summed E-state index contributed by atoms with van der Waals surface area (Å²) in [5.74, 6) is 0.712. The van der Waals surface area contributed by atoms with Gasteiger partial charge in [0.25, 0.3) is 0 Å². The second-order valence-corrected chi connectivity index (χ2v) is 4.83. The first-order valence-corrected chi connectivity index (χ1v) is 6.60. The van der Waals surface area contributed by atoms with Gasteiger partial charge in [0, 0.05) is 11.3 Å². The van der Waals surface area contributed by atoms with E-state index in [0.717, 1.165) is 29.9 Å². The molecule has 1 saturated carbocycles. The Morgan fingerprint density at radius 3 is 2.75 bits per heavy atom. The van der Waals surface area contributed by atoms with Crippen LogP contribution in [0.4, 0.5) is 5.69 Å². The van der Waals surface area contributed by atoms with E-state index in [1.54, 1.807) is 7.05 Å². The first-order valence-electron chi connectivity index (χ1n) is 6.60. The largest absolute Gasteiger partial charge is 0.325 e. The Bertz CT molecular complexity index is 602. The highest BCUT2D eigenvalue weighted by atomic mass is 16.1. The lowest BCUT2D eigenvalue weighted by Crippen LogP contribution is -2.24. The summed E-state index contributed by atoms with van der Waals surface area (Å²) in [6, 6.07) is 7.98. The lowest BCUT2D eigenvalue weighted by Gasteiger charge is -2.06. The Hall–Kier alpha value is -2.28. The summed E-state index contributed by atoms with van der Waals surface area (Å²) in [6.45, 7) is 0.293. The van der Waals surface area contributed by atoms with Crippen molar-refractivity contribution in [3.8, 4) is 11.4 Å². The van der Waals surface area contributed by atoms with E-state index in [1.165, 1.54) is 0 Å². The van der Waals surface area contributed by atoms with Crippen LogP contribution in [0.3, 0.4) is 0 Å². The van der Waals surface area contributed by atoms with E-state index in [-0.39, 0.29) is 5.91 Å². The van der Waals surface area contributed by atoms with E-state index in [1.807, 2.05) is 28.9 Å². The van der Waals surface area contributed by atoms with Gasteiger partial charge in [-0.2, -0.15) is 0 Å². The molecule has 1 aromatic heterocycles. The molecule has 0 unspecified atom stereocenters. The van der Waals surface area contributed by atoms with Gasteiger partial charge in [0.05, 0.1) is 12.6 Å². The van der Waals surface area contributed by atoms with Gasteiger partial charge in [-0.25, -0.2) is 4.68 Å². The molecular formula is C13H16N6O. The van der Waals surface area contributed by atoms with Gasteiger partial charge >= 0.3 is 0 Å². The van der Waals surface area contributed by atoms with Crippen molar-refractivity contribution < 1.29 is 4.79 Å². The number of likely N-dealkylation sites (N-methyl/N-ethyl adjacent to an activating group) is 1. The van der Waals surface area contributed by atoms with Crippen molar-refractivity contribution in [2.75, 3.05) is 18.9 Å². The monoisotopic (exact) mass is 272 g/mol. The summed E-state index contributed by atoms with van der Waals surface area (Å²) in [7, 11) is 1.74. The van der Waals surface area contributed by atoms with Crippen LogP contribution in [0.1, 0.15) is 18.9 Å². The molecule has 1 heterocycles. The zero-order chi connectivity index (χ0) is 13.9. The summed E-state index contributed by atoms with van der Waals surface area (Å²) < 4.78 is 1.87. The molecule has 0 atom stereocenters. The molecule has 1 aromatic carbocycles. The number of benzene rings is 1. The molecule has 20 heavy (non-hydrogen) atoms. The van der Waals surface area contributed by atoms with Crippen molar-refractivity contribution in [2.45, 2.75) is 18.9 Å². The molecule has 0 bridgehead atoms. The standard InChI is InChI=1S/C13H16N6O/c1-14-8-12(20)15-10-4-2-9(3-5-10)13-16-17-18-19(13)11-6-7-11/h2-5,11,14H,6-8H2,1H3,(H,15,20). The number of nitrogens with zero attached hydrogens (tertiary/aromatic N) is 4. The van der Waals surface area contributed by atoms with Crippen molar-refractivity contribution in [3.05, 3.63) is 24.3 Å². The lowest BCUT2D eigenvalue weighted by molar-refractivity contribution is -0.115. The van der Waals surface area contributed by atoms with Crippen LogP contribution in [-0.2, 0) is 4.79 Å². The van der Waals surface area contributed by atoms with E-state index < -0.39 is 0 Å². The minimum atomic E-state index is -0.0666. The van der Waals surface area contributed by atoms with Gasteiger partial charge in [-0.3, -0.25) is 4.79 Å². The first kappa shape index (κ1) is 12.7. The van der Waals surface area contributed by atoms with Crippen molar-refractivity contribution in [2.24, 2.45) is 0 Å². The van der Waals surface area contributed by atoms with E-state index in [4.69, 9.17) is 0 Å². The van der Waals surface area contributed by atoms with Crippen LogP contribution < -0.4 is 10.6 Å². The summed E-state index contributed by atoms with van der Waals surface area (Å²) in [6.07, 6.45) is 2.27. The molecule has 0 aliphatic heterocycles. The maximum atomic E-state index is 11.5. The van der Waals surface area contributed by atoms with Gasteiger partial charge in [-0.05, 0) is 54.6 Å². The maximum absolute atomic E-state index is 11.5. The molecule has 0 spiro atoms. The third-order valence-electron chi connectivity index (χ3n) is 3.15. The van der Waals surface area contributed by atoms with E-state index >= 15 is 0 Å². The predicted molar refractivity (Wildman–Crippen MR) is 74.1 cm³/mol. The van der Waals surface area contributed by atoms with Gasteiger partial charge in [0.15, 0.2) is 5.82 Å². The van der Waals surface area contributed by atoms with Gasteiger partial charge in [-0.1, -0.05) is 0 Å². The molecule has 1 fully saturated rings. The number of amides is 1. The third kappa shape index (κ3) is 2.67. The van der Waals surface area contributed by atoms with E-state index in [0.29, 0.717) is 12.6 Å². The van der Waals surface area contributed by atoms with Crippen LogP contribution >= 0.6 is 0 Å². The summed E-state index contributed by atoms with van der Waals surface area (Å²) >= 11 is 0. The highest BCUT2D eigenvalue weighted by Crippen LogP contribution is 2.36. The molecule has 2 aromatic rings. The molecule has 1 aliphatic carbocycles. The van der Waals surface area contributed by atoms with Crippen molar-refractivity contribution in [1.29, 1.82) is 0 Å². The molecule has 104 valence electrons. The predicted octanol–water partition coefficient (Wildman–Crippen LogP) is 0.833. The Morgan fingerprint density at radius 1 is 1.35 bits per heavy atom. The van der Waals surface area contributed by atoms with E-state index in [9.17, 15) is 4.79 Å². The second kappa shape index (κ2) is 5.38. The number of hydrogen-bond donors (Lipinski definition) is 2. The molecule has 7 nitrogen and oxygen atoms in total. The summed E-state index contributed by atoms with van der Waals surface area (Å²) in [4.78, 5) is 11.5. The Labute approximate surface area is 116 Å². The number of rotatable bonds is 5. The topological polar surface area (TPSA) is 84.7 Å². The SMILES string of the molecule is CNCC(=O)Nc1ccc(-c2nnnn2C2CC2)cc1. The van der Waals surface area contributed by atoms with Crippen molar-refractivity contribution in [1.82, 2.24) is 25.5 Å². The average molecular weight is 272 g/mol. The highest BCUT2D eigenvalue weighted by molar-refractivity contribution is 5.92. The van der Waals surface area contributed by atoms with Crippen LogP contribution in [-0.4, -0.2) is 39.7 Å². The van der Waals surface area contributed by atoms with Crippen LogP contribution in [0, 0.1) is 0 Å². The van der Waals surface area contributed by atoms with Gasteiger partial charge in [0.2, 0.25) is 5.91 Å². The number of aromatic nitrogens is 4. The zero-order valence-corrected chi connectivity index (χ0v) is 11.2. The fraction of sp³-hybridized carbons (Fsp3) is 0.385. The van der Waals surface area contributed by atoms with Crippen LogP contribution in [0.2, 0.25) is 0 Å². The number of nitrogens with one attached hydrogen (secondary N) is 2. The fourth-order valence-electron chi connectivity index (χ4n) is 2.02. The first-order chi connectivity index (χ1) is 9.78. The van der Waals surface area contributed by atoms with Crippen LogP contribution in [0.15, 0.2) is 24.3 Å². The van der Waals surface area contributed by atoms with Gasteiger partial charge in [-0.15, -0.1) is 5.10 Å². The molecule has 1 aliphatic rings. The van der Waals surface area contributed by atoms with Gasteiger partial charge < -0.3 is 10.6 Å². The average Bonchev–Trinajstić information content (AvgIpc) is 3.18. The van der Waals surface area contributed by atoms with Crippen LogP contribution in [0.25, 0.3) is 11.4 Å². The fourth-order valence-corrected chi connectivity index (χ4v) is 2.02. The number of hydrogen-bond acceptors (Lipinski definition) is 5. The molecule has 7 heteroatoms. The smallest absolute Gasteiger partial charge is 0.238 e. The number of carbonyl (C=O) groups excluding carboxylic acids is 1. The molecule has 3 rings (SSSR count). The molecule has 0 saturated heterocycles. The maximum Gasteiger partial charge on any atom is 0.238 e. The minimum absolute atomic E-state index is 0.0666. The second-order valence-electron chi connectivity index (χ2n) is 4.83. The summed E-state index contributed by atoms with van der Waals surface area (Å²) in [5.41, 5.74) is 1.72. The Balaban J connectivity index is 1.75. The van der Waals surface area contributed by atoms with Crippen molar-refractivity contribution >= 4 is 11.6 Å². The lowest BCUT2D eigenvalue weighted by atomic mass is 10.2. The zero-order valence-electron chi connectivity index (χ0n) is 11.2. The van der Waals surface area contributed by atoms with Gasteiger partial charge in [0.1, 0.15) is 0 Å². The molecule has 1 amide bonds. The molecular weight excluding hydrogens is 256 g/mol. The highest BCUT2D eigenvalue weighted by Gasteiger charge is 2.28.